The van der Waals surface area contributed by atoms with Gasteiger partial charge in [0.2, 0.25) is 0 Å². The molecule has 0 unspecified atom stereocenters. The number of hydrogen-bond acceptors (Lipinski definition) is 3. The van der Waals surface area contributed by atoms with Gasteiger partial charge in [-0.05, 0) is 41.6 Å². The predicted octanol–water partition coefficient (Wildman–Crippen LogP) is 4.89. The van der Waals surface area contributed by atoms with E-state index in [1.54, 1.807) is 0 Å². The summed E-state index contributed by atoms with van der Waals surface area (Å²) in [7, 11) is 2.16. The molecule has 0 aliphatic carbocycles. The maximum Gasteiger partial charge on any atom is 0.0519 e. The Hall–Kier alpha value is -0.840. The lowest BCUT2D eigenvalue weighted by Gasteiger charge is -2.23. The first-order chi connectivity index (χ1) is 10.1. The summed E-state index contributed by atoms with van der Waals surface area (Å²) in [6, 6.07) is 10.8. The Morgan fingerprint density at radius 3 is 2.76 bits per heavy atom. The van der Waals surface area contributed by atoms with E-state index in [0.29, 0.717) is 5.92 Å². The van der Waals surface area contributed by atoms with Crippen molar-refractivity contribution in [2.24, 2.45) is 5.92 Å². The maximum atomic E-state index is 3.59. The van der Waals surface area contributed by atoms with Gasteiger partial charge in [0.25, 0.3) is 0 Å². The highest BCUT2D eigenvalue weighted by Gasteiger charge is 2.09. The summed E-state index contributed by atoms with van der Waals surface area (Å²) in [4.78, 5) is 3.71. The molecule has 114 valence electrons. The monoisotopic (exact) mass is 366 g/mol. The van der Waals surface area contributed by atoms with Gasteiger partial charge in [0.1, 0.15) is 0 Å². The minimum Gasteiger partial charge on any atom is -0.369 e. The van der Waals surface area contributed by atoms with Crippen molar-refractivity contribution in [2.45, 2.75) is 26.9 Å². The van der Waals surface area contributed by atoms with Gasteiger partial charge in [0, 0.05) is 28.6 Å². The van der Waals surface area contributed by atoms with Crippen LogP contribution >= 0.6 is 27.3 Å². The standard InChI is InChI=1S/C17H23BrN2S/c1-13(2)10-19-11-14-6-7-15(18)9-17(14)20(3)12-16-5-4-8-21-16/h4-9,13,19H,10-12H2,1-3H3. The molecule has 0 amide bonds. The maximum absolute atomic E-state index is 3.59. The molecule has 0 saturated heterocycles. The molecule has 21 heavy (non-hydrogen) atoms. The molecule has 1 heterocycles. The minimum atomic E-state index is 0.674. The third-order valence-corrected chi connectivity index (χ3v) is 4.65. The SMILES string of the molecule is CC(C)CNCc1ccc(Br)cc1N(C)Cc1cccs1. The van der Waals surface area contributed by atoms with Gasteiger partial charge in [-0.2, -0.15) is 0 Å². The van der Waals surface area contributed by atoms with E-state index in [0.717, 1.165) is 24.1 Å². The normalized spacial score (nSPS) is 11.1. The fraction of sp³-hybridized carbons (Fsp3) is 0.412. The van der Waals surface area contributed by atoms with Crippen LogP contribution in [-0.4, -0.2) is 13.6 Å². The lowest BCUT2D eigenvalue weighted by molar-refractivity contribution is 0.552. The van der Waals surface area contributed by atoms with E-state index in [9.17, 15) is 0 Å². The summed E-state index contributed by atoms with van der Waals surface area (Å²) in [5.41, 5.74) is 2.63. The van der Waals surface area contributed by atoms with Gasteiger partial charge in [-0.25, -0.2) is 0 Å². The van der Waals surface area contributed by atoms with Crippen molar-refractivity contribution in [3.8, 4) is 0 Å². The number of anilines is 1. The second-order valence-corrected chi connectivity index (χ2v) is 7.68. The van der Waals surface area contributed by atoms with Gasteiger partial charge in [0.15, 0.2) is 0 Å². The average Bonchev–Trinajstić information content (AvgIpc) is 2.92. The molecule has 2 nitrogen and oxygen atoms in total. The number of nitrogens with zero attached hydrogens (tertiary/aromatic N) is 1. The van der Waals surface area contributed by atoms with Crippen LogP contribution < -0.4 is 10.2 Å². The average molecular weight is 367 g/mol. The minimum absolute atomic E-state index is 0.674. The quantitative estimate of drug-likeness (QED) is 0.749. The molecule has 1 aromatic heterocycles. The molecule has 0 atom stereocenters. The molecule has 4 heteroatoms. The summed E-state index contributed by atoms with van der Waals surface area (Å²) in [5, 5.41) is 5.67. The molecule has 2 rings (SSSR count). The molecule has 0 aliphatic heterocycles. The van der Waals surface area contributed by atoms with Crippen molar-refractivity contribution in [1.82, 2.24) is 5.32 Å². The van der Waals surface area contributed by atoms with Gasteiger partial charge in [-0.15, -0.1) is 11.3 Å². The van der Waals surface area contributed by atoms with Gasteiger partial charge in [0.05, 0.1) is 6.54 Å². The topological polar surface area (TPSA) is 15.3 Å². The molecular weight excluding hydrogens is 344 g/mol. The second kappa shape index (κ2) is 7.97. The van der Waals surface area contributed by atoms with Crippen LogP contribution in [0, 0.1) is 5.92 Å². The van der Waals surface area contributed by atoms with Crippen molar-refractivity contribution >= 4 is 33.0 Å². The zero-order valence-corrected chi connectivity index (χ0v) is 15.3. The Kier molecular flexibility index (Phi) is 6.27. The molecule has 0 saturated carbocycles. The molecule has 0 bridgehead atoms. The Morgan fingerprint density at radius 1 is 1.29 bits per heavy atom. The van der Waals surface area contributed by atoms with Gasteiger partial charge < -0.3 is 10.2 Å². The molecule has 1 N–H and O–H groups in total. The highest BCUT2D eigenvalue weighted by atomic mass is 79.9. The lowest BCUT2D eigenvalue weighted by Crippen LogP contribution is -2.22. The van der Waals surface area contributed by atoms with Crippen molar-refractivity contribution in [3.63, 3.8) is 0 Å². The highest BCUT2D eigenvalue weighted by Crippen LogP contribution is 2.26. The van der Waals surface area contributed by atoms with Crippen LogP contribution in [0.2, 0.25) is 0 Å². The van der Waals surface area contributed by atoms with Crippen molar-refractivity contribution in [2.75, 3.05) is 18.5 Å². The number of benzene rings is 1. The Balaban J connectivity index is 2.10. The zero-order valence-electron chi connectivity index (χ0n) is 12.9. The summed E-state index contributed by atoms with van der Waals surface area (Å²) < 4.78 is 1.13. The third kappa shape index (κ3) is 5.13. The summed E-state index contributed by atoms with van der Waals surface area (Å²) >= 11 is 5.40. The van der Waals surface area contributed by atoms with E-state index < -0.39 is 0 Å². The first-order valence-electron chi connectivity index (χ1n) is 7.29. The second-order valence-electron chi connectivity index (χ2n) is 5.73. The van der Waals surface area contributed by atoms with Crippen LogP contribution in [0.25, 0.3) is 0 Å². The number of halogens is 1. The van der Waals surface area contributed by atoms with E-state index in [-0.39, 0.29) is 0 Å². The lowest BCUT2D eigenvalue weighted by atomic mass is 10.1. The Labute approximate surface area is 140 Å². The van der Waals surface area contributed by atoms with Crippen molar-refractivity contribution < 1.29 is 0 Å². The van der Waals surface area contributed by atoms with E-state index in [1.165, 1.54) is 16.1 Å². The number of thiophene rings is 1. The largest absolute Gasteiger partial charge is 0.369 e. The number of nitrogens with one attached hydrogen (secondary N) is 1. The molecule has 0 radical (unpaired) electrons. The smallest absolute Gasteiger partial charge is 0.0519 e. The van der Waals surface area contributed by atoms with Crippen LogP contribution in [0.15, 0.2) is 40.2 Å². The van der Waals surface area contributed by atoms with Crippen LogP contribution in [0.5, 0.6) is 0 Å². The molecule has 2 aromatic rings. The highest BCUT2D eigenvalue weighted by molar-refractivity contribution is 9.10. The third-order valence-electron chi connectivity index (χ3n) is 3.30. The van der Waals surface area contributed by atoms with Crippen LogP contribution in [-0.2, 0) is 13.1 Å². The van der Waals surface area contributed by atoms with Gasteiger partial charge in [-0.1, -0.05) is 41.9 Å². The molecular formula is C17H23BrN2S. The fourth-order valence-electron chi connectivity index (χ4n) is 2.26. The van der Waals surface area contributed by atoms with Crippen LogP contribution in [0.1, 0.15) is 24.3 Å². The number of rotatable bonds is 7. The summed E-state index contributed by atoms with van der Waals surface area (Å²) in [6.45, 7) is 7.38. The molecule has 0 spiro atoms. The van der Waals surface area contributed by atoms with E-state index in [4.69, 9.17) is 0 Å². The summed E-state index contributed by atoms with van der Waals surface area (Å²) in [5.74, 6) is 0.674. The Bertz CT molecular complexity index is 552. The van der Waals surface area contributed by atoms with Gasteiger partial charge in [-0.3, -0.25) is 0 Å². The van der Waals surface area contributed by atoms with E-state index >= 15 is 0 Å². The predicted molar refractivity (Wildman–Crippen MR) is 97.1 cm³/mol. The first-order valence-corrected chi connectivity index (χ1v) is 8.96. The Morgan fingerprint density at radius 2 is 2.10 bits per heavy atom. The van der Waals surface area contributed by atoms with E-state index in [1.807, 2.05) is 11.3 Å². The zero-order chi connectivity index (χ0) is 15.2. The molecule has 0 fully saturated rings. The van der Waals surface area contributed by atoms with Gasteiger partial charge >= 0.3 is 0 Å². The summed E-state index contributed by atoms with van der Waals surface area (Å²) in [6.07, 6.45) is 0. The van der Waals surface area contributed by atoms with Crippen LogP contribution in [0.3, 0.4) is 0 Å². The fourth-order valence-corrected chi connectivity index (χ4v) is 3.37. The first kappa shape index (κ1) is 16.5. The number of hydrogen-bond donors (Lipinski definition) is 1. The van der Waals surface area contributed by atoms with E-state index in [2.05, 4.69) is 82.8 Å². The van der Waals surface area contributed by atoms with Crippen molar-refractivity contribution in [1.29, 1.82) is 0 Å². The molecule has 0 aliphatic rings. The van der Waals surface area contributed by atoms with Crippen LogP contribution in [0.4, 0.5) is 5.69 Å². The van der Waals surface area contributed by atoms with Crippen molar-refractivity contribution in [3.05, 3.63) is 50.6 Å². The molecule has 1 aromatic carbocycles.